The van der Waals surface area contributed by atoms with Crippen molar-refractivity contribution in [1.29, 1.82) is 0 Å². The second kappa shape index (κ2) is 10.1. The van der Waals surface area contributed by atoms with Crippen LogP contribution in [0.25, 0.3) is 11.4 Å². The average molecular weight is 461 g/mol. The zero-order valence-electron chi connectivity index (χ0n) is 17.8. The highest BCUT2D eigenvalue weighted by atomic mass is 35.5. The van der Waals surface area contributed by atoms with Gasteiger partial charge in [-0.1, -0.05) is 16.8 Å². The number of benzene rings is 1. The van der Waals surface area contributed by atoms with E-state index in [1.54, 1.807) is 19.1 Å². The molecular weight excluding hydrogens is 436 g/mol. The molecule has 1 aromatic heterocycles. The summed E-state index contributed by atoms with van der Waals surface area (Å²) in [5.41, 5.74) is 1.92. The summed E-state index contributed by atoms with van der Waals surface area (Å²) < 4.78 is 10.5. The number of ether oxygens (including phenoxy) is 1. The van der Waals surface area contributed by atoms with Gasteiger partial charge in [0.25, 0.3) is 0 Å². The number of hydrogen-bond donors (Lipinski definition) is 2. The number of piperazine rings is 1. The van der Waals surface area contributed by atoms with Gasteiger partial charge in [-0.3, -0.25) is 9.80 Å². The number of urea groups is 1. The number of esters is 1. The summed E-state index contributed by atoms with van der Waals surface area (Å²) in [5.74, 6) is 0.693. The lowest BCUT2D eigenvalue weighted by molar-refractivity contribution is -0.138. The van der Waals surface area contributed by atoms with Gasteiger partial charge in [0.2, 0.25) is 11.7 Å². The molecule has 170 valence electrons. The molecular formula is C21H25ClN6O4. The molecule has 2 aliphatic heterocycles. The first-order valence-electron chi connectivity index (χ1n) is 10.5. The Hall–Kier alpha value is -2.95. The van der Waals surface area contributed by atoms with E-state index in [-0.39, 0.29) is 19.2 Å². The van der Waals surface area contributed by atoms with Crippen LogP contribution in [0.5, 0.6) is 0 Å². The number of aromatic nitrogens is 2. The molecule has 2 N–H and O–H groups in total. The molecule has 32 heavy (non-hydrogen) atoms. The Labute approximate surface area is 190 Å². The van der Waals surface area contributed by atoms with E-state index in [1.807, 2.05) is 12.1 Å². The quantitative estimate of drug-likeness (QED) is 0.599. The normalized spacial score (nSPS) is 17.8. The predicted molar refractivity (Wildman–Crippen MR) is 117 cm³/mol. The van der Waals surface area contributed by atoms with Gasteiger partial charge < -0.3 is 19.9 Å². The predicted octanol–water partition coefficient (Wildman–Crippen LogP) is 1.64. The van der Waals surface area contributed by atoms with Crippen LogP contribution in [0.1, 0.15) is 12.8 Å². The number of nitrogens with zero attached hydrogens (tertiary/aromatic N) is 4. The van der Waals surface area contributed by atoms with E-state index in [4.69, 9.17) is 20.9 Å². The monoisotopic (exact) mass is 460 g/mol. The first-order chi connectivity index (χ1) is 15.5. The highest BCUT2D eigenvalue weighted by molar-refractivity contribution is 6.30. The van der Waals surface area contributed by atoms with Crippen LogP contribution in [0.3, 0.4) is 0 Å². The van der Waals surface area contributed by atoms with Gasteiger partial charge in [-0.05, 0) is 31.2 Å². The molecule has 1 saturated heterocycles. The summed E-state index contributed by atoms with van der Waals surface area (Å²) in [4.78, 5) is 32.9. The van der Waals surface area contributed by atoms with Crippen LogP contribution in [0.4, 0.5) is 4.79 Å². The number of carbonyl (C=O) groups excluding carboxylic acids is 2. The van der Waals surface area contributed by atoms with Crippen LogP contribution >= 0.6 is 11.6 Å². The van der Waals surface area contributed by atoms with Crippen molar-refractivity contribution < 1.29 is 18.8 Å². The van der Waals surface area contributed by atoms with E-state index in [2.05, 4.69) is 30.6 Å². The molecule has 0 unspecified atom stereocenters. The summed E-state index contributed by atoms with van der Waals surface area (Å²) in [6.45, 7) is 6.42. The van der Waals surface area contributed by atoms with E-state index in [0.29, 0.717) is 41.1 Å². The molecule has 0 bridgehead atoms. The van der Waals surface area contributed by atoms with Crippen molar-refractivity contribution in [2.75, 3.05) is 45.9 Å². The van der Waals surface area contributed by atoms with Crippen LogP contribution in [-0.4, -0.2) is 77.8 Å². The molecule has 4 rings (SSSR count). The number of nitrogens with one attached hydrogen (secondary N) is 2. The van der Waals surface area contributed by atoms with Crippen molar-refractivity contribution in [3.05, 3.63) is 46.4 Å². The number of carbonyl (C=O) groups is 2. The molecule has 2 aromatic rings. The number of halogens is 1. The molecule has 1 fully saturated rings. The van der Waals surface area contributed by atoms with Gasteiger partial charge in [-0.15, -0.1) is 0 Å². The molecule has 2 amide bonds. The third kappa shape index (κ3) is 5.45. The fraction of sp³-hybridized carbons (Fsp3) is 0.429. The molecule has 1 aromatic carbocycles. The van der Waals surface area contributed by atoms with Crippen molar-refractivity contribution in [1.82, 2.24) is 30.6 Å². The molecule has 0 atom stereocenters. The Morgan fingerprint density at radius 3 is 2.53 bits per heavy atom. The Balaban J connectivity index is 1.32. The maximum atomic E-state index is 12.2. The maximum absolute atomic E-state index is 12.2. The zero-order chi connectivity index (χ0) is 22.5. The minimum Gasteiger partial charge on any atom is -0.463 e. The van der Waals surface area contributed by atoms with Crippen molar-refractivity contribution in [3.8, 4) is 11.4 Å². The van der Waals surface area contributed by atoms with Crippen LogP contribution in [0.15, 0.2) is 40.1 Å². The average Bonchev–Trinajstić information content (AvgIpc) is 3.24. The molecule has 11 heteroatoms. The fourth-order valence-corrected chi connectivity index (χ4v) is 3.76. The standard InChI is InChI=1S/C21H25ClN6O4/c1-2-31-20(29)16-11-23-21(30)24-17(16)12-27-7-9-28(10-8-27)13-18-25-19(26-32-18)14-3-5-15(22)6-4-14/h3-6H,2,7-13H2,1H3,(H2,23,24,30). The third-order valence-corrected chi connectivity index (χ3v) is 5.60. The van der Waals surface area contributed by atoms with Crippen LogP contribution in [0, 0.1) is 0 Å². The summed E-state index contributed by atoms with van der Waals surface area (Å²) in [6, 6.07) is 6.99. The van der Waals surface area contributed by atoms with Crippen LogP contribution in [0.2, 0.25) is 5.02 Å². The zero-order valence-corrected chi connectivity index (χ0v) is 18.5. The fourth-order valence-electron chi connectivity index (χ4n) is 3.64. The summed E-state index contributed by atoms with van der Waals surface area (Å²) in [5, 5.41) is 10.1. The van der Waals surface area contributed by atoms with Crippen molar-refractivity contribution in [2.45, 2.75) is 13.5 Å². The molecule has 0 saturated carbocycles. The van der Waals surface area contributed by atoms with E-state index < -0.39 is 5.97 Å². The van der Waals surface area contributed by atoms with Gasteiger partial charge in [0.1, 0.15) is 0 Å². The lowest BCUT2D eigenvalue weighted by Crippen LogP contribution is -2.50. The first-order valence-corrected chi connectivity index (χ1v) is 10.9. The van der Waals surface area contributed by atoms with E-state index in [9.17, 15) is 9.59 Å². The Bertz CT molecular complexity index is 998. The molecule has 2 aliphatic rings. The highest BCUT2D eigenvalue weighted by Gasteiger charge is 2.27. The maximum Gasteiger partial charge on any atom is 0.337 e. The second-order valence-corrected chi connectivity index (χ2v) is 7.99. The highest BCUT2D eigenvalue weighted by Crippen LogP contribution is 2.19. The van der Waals surface area contributed by atoms with Crippen LogP contribution < -0.4 is 10.6 Å². The Morgan fingerprint density at radius 2 is 1.84 bits per heavy atom. The largest absolute Gasteiger partial charge is 0.463 e. The number of hydrogen-bond acceptors (Lipinski definition) is 8. The van der Waals surface area contributed by atoms with Gasteiger partial charge in [0.05, 0.1) is 25.3 Å². The lowest BCUT2D eigenvalue weighted by atomic mass is 10.1. The lowest BCUT2D eigenvalue weighted by Gasteiger charge is -2.35. The van der Waals surface area contributed by atoms with Crippen molar-refractivity contribution in [2.24, 2.45) is 0 Å². The SMILES string of the molecule is CCOC(=O)C1=C(CN2CCN(Cc3nc(-c4ccc(Cl)cc4)no3)CC2)NC(=O)NC1. The molecule has 0 spiro atoms. The second-order valence-electron chi connectivity index (χ2n) is 7.56. The smallest absolute Gasteiger partial charge is 0.337 e. The van der Waals surface area contributed by atoms with Gasteiger partial charge in [0, 0.05) is 49.0 Å². The summed E-state index contributed by atoms with van der Waals surface area (Å²) in [7, 11) is 0. The van der Waals surface area contributed by atoms with Crippen LogP contribution in [-0.2, 0) is 16.1 Å². The van der Waals surface area contributed by atoms with Gasteiger partial charge in [0.15, 0.2) is 0 Å². The van der Waals surface area contributed by atoms with Gasteiger partial charge in [-0.25, -0.2) is 9.59 Å². The van der Waals surface area contributed by atoms with E-state index in [0.717, 1.165) is 31.7 Å². The van der Waals surface area contributed by atoms with E-state index in [1.165, 1.54) is 0 Å². The molecule has 3 heterocycles. The van der Waals surface area contributed by atoms with E-state index >= 15 is 0 Å². The molecule has 0 radical (unpaired) electrons. The third-order valence-electron chi connectivity index (χ3n) is 5.35. The molecule has 10 nitrogen and oxygen atoms in total. The number of amides is 2. The minimum absolute atomic E-state index is 0.174. The van der Waals surface area contributed by atoms with Gasteiger partial charge >= 0.3 is 12.0 Å². The molecule has 0 aliphatic carbocycles. The summed E-state index contributed by atoms with van der Waals surface area (Å²) >= 11 is 5.93. The minimum atomic E-state index is -0.401. The Morgan fingerprint density at radius 1 is 1.16 bits per heavy atom. The first kappa shape index (κ1) is 22.3. The topological polar surface area (TPSA) is 113 Å². The van der Waals surface area contributed by atoms with Crippen molar-refractivity contribution in [3.63, 3.8) is 0 Å². The number of rotatable bonds is 7. The van der Waals surface area contributed by atoms with Crippen molar-refractivity contribution >= 4 is 23.6 Å². The Kier molecular flexibility index (Phi) is 7.03. The van der Waals surface area contributed by atoms with Gasteiger partial charge in [-0.2, -0.15) is 4.98 Å². The summed E-state index contributed by atoms with van der Waals surface area (Å²) in [6.07, 6.45) is 0.